The molecule has 4 aliphatic rings. The molecule has 0 saturated carbocycles. The van der Waals surface area contributed by atoms with E-state index in [1.165, 1.54) is 0 Å². The maximum atomic E-state index is 15.9. The quantitative estimate of drug-likeness (QED) is 0.126. The molecule has 2 spiro atoms. The van der Waals surface area contributed by atoms with Crippen molar-refractivity contribution in [3.63, 3.8) is 0 Å². The molecule has 3 aliphatic heterocycles. The molecule has 0 bridgehead atoms. The minimum atomic E-state index is -1.28. The van der Waals surface area contributed by atoms with Crippen molar-refractivity contribution in [2.45, 2.75) is 30.1 Å². The summed E-state index contributed by atoms with van der Waals surface area (Å²) in [6.07, 6.45) is 1.76. The van der Waals surface area contributed by atoms with Gasteiger partial charge in [0.2, 0.25) is 11.8 Å². The molecule has 0 saturated heterocycles. The number of aromatic hydroxyl groups is 4. The molecule has 4 N–H and O–H groups in total. The Morgan fingerprint density at radius 3 is 1.19 bits per heavy atom. The molecule has 338 valence electrons. The van der Waals surface area contributed by atoms with Gasteiger partial charge in [0.1, 0.15) is 45.3 Å². The Morgan fingerprint density at radius 1 is 0.400 bits per heavy atom. The monoisotopic (exact) mass is 914 g/mol. The molecule has 0 radical (unpaired) electrons. The van der Waals surface area contributed by atoms with Crippen molar-refractivity contribution in [1.29, 1.82) is 0 Å². The molecule has 9 nitrogen and oxygen atoms in total. The SMILES string of the molecule is O=C1N(CCCCN2C(=O)C3(c4ccccc42)c2ccc4cc(O)ccc4c2Oc2c3ccc3cc(O)ccc23)c2ccccc2C12c1ccc3cc(O)ccc3c1Cc1c2ccc2cc(O)ccc12. The average molecular weight is 915 g/mol. The lowest BCUT2D eigenvalue weighted by atomic mass is 9.62. The highest BCUT2D eigenvalue weighted by molar-refractivity contribution is 6.17. The van der Waals surface area contributed by atoms with Gasteiger partial charge in [-0.2, -0.15) is 0 Å². The summed E-state index contributed by atoms with van der Waals surface area (Å²) in [5, 5.41) is 48.8. The number of para-hydroxylation sites is 2. The van der Waals surface area contributed by atoms with Crippen LogP contribution in [0.2, 0.25) is 0 Å². The van der Waals surface area contributed by atoms with Crippen LogP contribution >= 0.6 is 0 Å². The molecule has 0 atom stereocenters. The molecule has 70 heavy (non-hydrogen) atoms. The van der Waals surface area contributed by atoms with Crippen LogP contribution in [0.4, 0.5) is 11.4 Å². The van der Waals surface area contributed by atoms with Gasteiger partial charge in [-0.05, 0) is 147 Å². The van der Waals surface area contributed by atoms with E-state index in [0.29, 0.717) is 55.0 Å². The number of hydrogen-bond donors (Lipinski definition) is 4. The molecule has 10 aromatic rings. The number of carbonyl (C=O) groups excluding carboxylic acids is 2. The third-order valence-corrected chi connectivity index (χ3v) is 15.7. The third-order valence-electron chi connectivity index (χ3n) is 15.7. The second-order valence-corrected chi connectivity index (χ2v) is 19.1. The standard InChI is InChI=1S/C61H42N2O7/c64-38-15-19-42-34(29-38)11-23-48-46(42)33-47-43-20-16-39(65)30-35(43)12-24-49(47)60(48)50-7-1-3-9-54(50)62(58(60)68)27-5-6-28-63-55-10-4-2-8-51(55)61(59(63)69)52-25-13-36-31-40(66)17-21-44(36)56(52)70-57-45-22-18-41(67)32-37(45)14-26-53(57)61/h1-4,7-26,29-32,64-67H,5-6,27-28,33H2. The summed E-state index contributed by atoms with van der Waals surface area (Å²) in [4.78, 5) is 35.6. The molecule has 0 aromatic heterocycles. The second-order valence-electron chi connectivity index (χ2n) is 19.1. The largest absolute Gasteiger partial charge is 0.508 e. The Morgan fingerprint density at radius 2 is 0.757 bits per heavy atom. The first-order chi connectivity index (χ1) is 34.2. The first-order valence-electron chi connectivity index (χ1n) is 23.7. The predicted molar refractivity (Wildman–Crippen MR) is 272 cm³/mol. The number of phenols is 4. The van der Waals surface area contributed by atoms with Gasteiger partial charge in [-0.1, -0.05) is 97.1 Å². The molecular weight excluding hydrogens is 873 g/mol. The van der Waals surface area contributed by atoms with Gasteiger partial charge in [0.15, 0.2) is 0 Å². The number of rotatable bonds is 5. The van der Waals surface area contributed by atoms with Crippen LogP contribution in [0, 0.1) is 0 Å². The van der Waals surface area contributed by atoms with Crippen LogP contribution in [-0.4, -0.2) is 45.3 Å². The molecular formula is C61H42N2O7. The fraction of sp³-hybridized carbons (Fsp3) is 0.115. The summed E-state index contributed by atoms with van der Waals surface area (Å²) in [7, 11) is 0. The van der Waals surface area contributed by atoms with Crippen molar-refractivity contribution in [3.05, 3.63) is 214 Å². The molecule has 14 rings (SSSR count). The summed E-state index contributed by atoms with van der Waals surface area (Å²) in [5.41, 5.74) is 6.30. The van der Waals surface area contributed by atoms with Crippen LogP contribution in [-0.2, 0) is 26.8 Å². The fourth-order valence-corrected chi connectivity index (χ4v) is 12.7. The van der Waals surface area contributed by atoms with Crippen molar-refractivity contribution in [3.8, 4) is 34.5 Å². The van der Waals surface area contributed by atoms with Crippen LogP contribution in [0.1, 0.15) is 57.3 Å². The van der Waals surface area contributed by atoms with Gasteiger partial charge in [-0.15, -0.1) is 0 Å². The number of nitrogens with zero attached hydrogens (tertiary/aromatic N) is 2. The van der Waals surface area contributed by atoms with E-state index in [0.717, 1.165) is 87.8 Å². The van der Waals surface area contributed by atoms with Gasteiger partial charge in [0, 0.05) is 57.5 Å². The average Bonchev–Trinajstić information content (AvgIpc) is 3.76. The highest BCUT2D eigenvalue weighted by Gasteiger charge is 2.59. The Labute approximate surface area is 401 Å². The van der Waals surface area contributed by atoms with E-state index in [-0.39, 0.29) is 34.8 Å². The number of hydrogen-bond acceptors (Lipinski definition) is 7. The van der Waals surface area contributed by atoms with Crippen molar-refractivity contribution in [1.82, 2.24) is 0 Å². The van der Waals surface area contributed by atoms with E-state index >= 15 is 9.59 Å². The molecule has 1 aliphatic carbocycles. The van der Waals surface area contributed by atoms with Crippen molar-refractivity contribution in [2.75, 3.05) is 22.9 Å². The molecule has 9 heteroatoms. The summed E-state index contributed by atoms with van der Waals surface area (Å²) in [6.45, 7) is 0.807. The third kappa shape index (κ3) is 5.20. The zero-order chi connectivity index (χ0) is 47.2. The first kappa shape index (κ1) is 40.3. The molecule has 0 fully saturated rings. The number of ether oxygens (including phenoxy) is 1. The Bertz CT molecular complexity index is 3550. The minimum Gasteiger partial charge on any atom is -0.508 e. The maximum absolute atomic E-state index is 15.9. The number of unbranched alkanes of at least 4 members (excludes halogenated alkanes) is 1. The van der Waals surface area contributed by atoms with E-state index in [2.05, 4.69) is 18.2 Å². The molecule has 2 amide bonds. The normalized spacial score (nSPS) is 15.6. The van der Waals surface area contributed by atoms with Gasteiger partial charge in [0.25, 0.3) is 0 Å². The Balaban J connectivity index is 0.848. The Hall–Kier alpha value is -8.82. The number of carbonyl (C=O) groups is 2. The number of fused-ring (bicyclic) bond motifs is 20. The van der Waals surface area contributed by atoms with Crippen LogP contribution in [0.5, 0.6) is 34.5 Å². The van der Waals surface area contributed by atoms with Crippen molar-refractivity contribution in [2.24, 2.45) is 0 Å². The van der Waals surface area contributed by atoms with Gasteiger partial charge in [0.05, 0.1) is 0 Å². The lowest BCUT2D eigenvalue weighted by Gasteiger charge is -2.38. The predicted octanol–water partition coefficient (Wildman–Crippen LogP) is 12.0. The van der Waals surface area contributed by atoms with Crippen LogP contribution in [0.25, 0.3) is 43.1 Å². The number of benzene rings is 10. The van der Waals surface area contributed by atoms with E-state index in [9.17, 15) is 20.4 Å². The highest BCUT2D eigenvalue weighted by atomic mass is 16.5. The van der Waals surface area contributed by atoms with Gasteiger partial charge in [-0.25, -0.2) is 0 Å². The van der Waals surface area contributed by atoms with Crippen molar-refractivity contribution >= 4 is 66.3 Å². The Kier molecular flexibility index (Phi) is 8.26. The topological polar surface area (TPSA) is 131 Å². The van der Waals surface area contributed by atoms with Crippen LogP contribution in [0.15, 0.2) is 170 Å². The van der Waals surface area contributed by atoms with Crippen molar-refractivity contribution < 1.29 is 34.8 Å². The lowest BCUT2D eigenvalue weighted by Crippen LogP contribution is -2.45. The maximum Gasteiger partial charge on any atom is 0.247 e. The highest BCUT2D eigenvalue weighted by Crippen LogP contribution is 2.61. The molecule has 10 aromatic carbocycles. The first-order valence-corrected chi connectivity index (χ1v) is 23.7. The van der Waals surface area contributed by atoms with Crippen LogP contribution in [0.3, 0.4) is 0 Å². The fourth-order valence-electron chi connectivity index (χ4n) is 12.7. The van der Waals surface area contributed by atoms with Gasteiger partial charge < -0.3 is 35.0 Å². The van der Waals surface area contributed by atoms with E-state index in [1.807, 2.05) is 113 Å². The second kappa shape index (κ2) is 14.4. The smallest absolute Gasteiger partial charge is 0.247 e. The summed E-state index contributed by atoms with van der Waals surface area (Å²) >= 11 is 0. The van der Waals surface area contributed by atoms with E-state index in [4.69, 9.17) is 4.74 Å². The van der Waals surface area contributed by atoms with E-state index in [1.54, 1.807) is 48.5 Å². The number of amides is 2. The number of phenolic OH excluding ortho intramolecular Hbond substituents is 4. The number of anilines is 2. The zero-order valence-corrected chi connectivity index (χ0v) is 37.6. The van der Waals surface area contributed by atoms with Crippen LogP contribution < -0.4 is 14.5 Å². The minimum absolute atomic E-state index is 0.0368. The zero-order valence-electron chi connectivity index (χ0n) is 37.6. The molecule has 0 unspecified atom stereocenters. The van der Waals surface area contributed by atoms with Gasteiger partial charge >= 0.3 is 0 Å². The molecule has 3 heterocycles. The summed E-state index contributed by atoms with van der Waals surface area (Å²) in [5.74, 6) is 1.55. The van der Waals surface area contributed by atoms with E-state index < -0.39 is 10.8 Å². The van der Waals surface area contributed by atoms with Gasteiger partial charge in [-0.3, -0.25) is 9.59 Å². The summed E-state index contributed by atoms with van der Waals surface area (Å²) in [6, 6.07) is 53.1. The summed E-state index contributed by atoms with van der Waals surface area (Å²) < 4.78 is 6.91. The lowest BCUT2D eigenvalue weighted by molar-refractivity contribution is -0.121.